The third-order valence-corrected chi connectivity index (χ3v) is 6.65. The van der Waals surface area contributed by atoms with Crippen molar-refractivity contribution >= 4 is 23.3 Å². The highest BCUT2D eigenvalue weighted by Crippen LogP contribution is 2.36. The predicted octanol–water partition coefficient (Wildman–Crippen LogP) is 4.91. The molecule has 2 aromatic carbocycles. The number of para-hydroxylation sites is 1. The fourth-order valence-corrected chi connectivity index (χ4v) is 4.73. The van der Waals surface area contributed by atoms with Gasteiger partial charge in [-0.1, -0.05) is 42.5 Å². The molecule has 6 nitrogen and oxygen atoms in total. The Bertz CT molecular complexity index is 1060. The van der Waals surface area contributed by atoms with Gasteiger partial charge in [0.05, 0.1) is 4.88 Å². The summed E-state index contributed by atoms with van der Waals surface area (Å²) < 4.78 is 6.24. The van der Waals surface area contributed by atoms with Gasteiger partial charge in [0.1, 0.15) is 11.9 Å². The summed E-state index contributed by atoms with van der Waals surface area (Å²) in [5.74, 6) is 0.691. The average Bonchev–Trinajstić information content (AvgIpc) is 3.31. The van der Waals surface area contributed by atoms with Crippen molar-refractivity contribution in [1.29, 1.82) is 0 Å². The third kappa shape index (κ3) is 5.48. The molecule has 1 aromatic heterocycles. The van der Waals surface area contributed by atoms with Crippen molar-refractivity contribution in [2.24, 2.45) is 0 Å². The van der Waals surface area contributed by atoms with E-state index in [0.717, 1.165) is 22.6 Å². The molecule has 0 radical (unpaired) electrons. The second kappa shape index (κ2) is 10.3. The molecule has 32 heavy (non-hydrogen) atoms. The van der Waals surface area contributed by atoms with Crippen LogP contribution in [0.15, 0.2) is 66.7 Å². The normalized spacial score (nSPS) is 14.2. The Kier molecular flexibility index (Phi) is 7.07. The van der Waals surface area contributed by atoms with Crippen LogP contribution in [0, 0.1) is 0 Å². The van der Waals surface area contributed by atoms with Gasteiger partial charge in [0.15, 0.2) is 0 Å². The van der Waals surface area contributed by atoms with Gasteiger partial charge < -0.3 is 20.1 Å². The van der Waals surface area contributed by atoms with Gasteiger partial charge in [-0.2, -0.15) is 0 Å². The number of carbonyl (C=O) groups excluding carboxylic acids is 1. The standard InChI is InChI=1S/C25H26N2O4S/c28-24(26-15-12-18-6-2-1-3-7-18)23-11-10-22(32-23)20-8-4-5-9-21(20)31-19-13-16-27(17-14-19)25(29)30/h1-11,19H,12-17H2,(H,26,28)(H,29,30). The maximum absolute atomic E-state index is 12.6. The number of hydrogen-bond donors (Lipinski definition) is 2. The van der Waals surface area contributed by atoms with E-state index in [9.17, 15) is 9.59 Å². The Balaban J connectivity index is 1.37. The Morgan fingerprint density at radius 1 is 1.00 bits per heavy atom. The molecule has 4 rings (SSSR count). The van der Waals surface area contributed by atoms with E-state index in [1.54, 1.807) is 0 Å². The summed E-state index contributed by atoms with van der Waals surface area (Å²) >= 11 is 1.44. The van der Waals surface area contributed by atoms with Crippen molar-refractivity contribution in [2.45, 2.75) is 25.4 Å². The van der Waals surface area contributed by atoms with Crippen LogP contribution in [0.5, 0.6) is 5.75 Å². The molecule has 166 valence electrons. The molecule has 0 unspecified atom stereocenters. The highest BCUT2D eigenvalue weighted by atomic mass is 32.1. The number of thiophene rings is 1. The largest absolute Gasteiger partial charge is 0.490 e. The number of ether oxygens (including phenoxy) is 1. The fourth-order valence-electron chi connectivity index (χ4n) is 3.77. The Hall–Kier alpha value is -3.32. The maximum Gasteiger partial charge on any atom is 0.407 e. The van der Waals surface area contributed by atoms with Gasteiger partial charge in [-0.3, -0.25) is 4.79 Å². The number of carboxylic acid groups (broad SMARTS) is 1. The molecule has 1 aliphatic rings. The predicted molar refractivity (Wildman–Crippen MR) is 125 cm³/mol. The van der Waals surface area contributed by atoms with Crippen LogP contribution in [0.2, 0.25) is 0 Å². The first kappa shape index (κ1) is 21.9. The van der Waals surface area contributed by atoms with Crippen LogP contribution in [0.25, 0.3) is 10.4 Å². The summed E-state index contributed by atoms with van der Waals surface area (Å²) in [4.78, 5) is 26.7. The van der Waals surface area contributed by atoms with Crippen LogP contribution in [0.4, 0.5) is 4.79 Å². The molecule has 0 saturated carbocycles. The zero-order chi connectivity index (χ0) is 22.3. The summed E-state index contributed by atoms with van der Waals surface area (Å²) in [6.07, 6.45) is 1.23. The molecular weight excluding hydrogens is 424 g/mol. The molecule has 1 saturated heterocycles. The highest BCUT2D eigenvalue weighted by Gasteiger charge is 2.24. The summed E-state index contributed by atoms with van der Waals surface area (Å²) in [6.45, 7) is 1.55. The first-order valence-corrected chi connectivity index (χ1v) is 11.6. The molecule has 0 aliphatic carbocycles. The molecule has 0 atom stereocenters. The van der Waals surface area contributed by atoms with Gasteiger partial charge in [0, 0.05) is 42.9 Å². The number of piperidine rings is 1. The van der Waals surface area contributed by atoms with E-state index in [4.69, 9.17) is 9.84 Å². The molecule has 3 aromatic rings. The van der Waals surface area contributed by atoms with Gasteiger partial charge in [0.2, 0.25) is 0 Å². The van der Waals surface area contributed by atoms with Crippen LogP contribution < -0.4 is 10.1 Å². The van der Waals surface area contributed by atoms with Crippen molar-refractivity contribution < 1.29 is 19.4 Å². The number of benzene rings is 2. The molecule has 2 heterocycles. The fraction of sp³-hybridized carbons (Fsp3) is 0.280. The van der Waals surface area contributed by atoms with Crippen molar-refractivity contribution in [1.82, 2.24) is 10.2 Å². The number of rotatable bonds is 7. The van der Waals surface area contributed by atoms with Gasteiger partial charge in [-0.25, -0.2) is 4.79 Å². The van der Waals surface area contributed by atoms with Crippen LogP contribution in [-0.2, 0) is 6.42 Å². The lowest BCUT2D eigenvalue weighted by Gasteiger charge is -2.30. The minimum Gasteiger partial charge on any atom is -0.490 e. The molecule has 7 heteroatoms. The first-order chi connectivity index (χ1) is 15.6. The molecule has 2 N–H and O–H groups in total. The van der Waals surface area contributed by atoms with Gasteiger partial charge >= 0.3 is 6.09 Å². The van der Waals surface area contributed by atoms with E-state index >= 15 is 0 Å². The van der Waals surface area contributed by atoms with E-state index in [1.165, 1.54) is 21.8 Å². The minimum absolute atomic E-state index is 0.0209. The van der Waals surface area contributed by atoms with Crippen molar-refractivity contribution in [3.8, 4) is 16.2 Å². The average molecular weight is 451 g/mol. The van der Waals surface area contributed by atoms with Crippen molar-refractivity contribution in [3.05, 3.63) is 77.2 Å². The quantitative estimate of drug-likeness (QED) is 0.536. The summed E-state index contributed by atoms with van der Waals surface area (Å²) in [7, 11) is 0. The molecule has 0 spiro atoms. The SMILES string of the molecule is O=C(NCCc1ccccc1)c1ccc(-c2ccccc2OC2CCN(C(=O)O)CC2)s1. The van der Waals surface area contributed by atoms with E-state index in [0.29, 0.717) is 37.4 Å². The summed E-state index contributed by atoms with van der Waals surface area (Å²) in [6, 6.07) is 21.7. The van der Waals surface area contributed by atoms with Gasteiger partial charge in [-0.05, 0) is 36.2 Å². The minimum atomic E-state index is -0.878. The van der Waals surface area contributed by atoms with Crippen LogP contribution in [-0.4, -0.2) is 47.7 Å². The van der Waals surface area contributed by atoms with Crippen molar-refractivity contribution in [2.75, 3.05) is 19.6 Å². The summed E-state index contributed by atoms with van der Waals surface area (Å²) in [5, 5.41) is 12.1. The molecule has 0 bridgehead atoms. The lowest BCUT2D eigenvalue weighted by Crippen LogP contribution is -2.41. The second-order valence-electron chi connectivity index (χ2n) is 7.74. The Labute approximate surface area is 191 Å². The van der Waals surface area contributed by atoms with E-state index in [-0.39, 0.29) is 12.0 Å². The number of hydrogen-bond acceptors (Lipinski definition) is 4. The van der Waals surface area contributed by atoms with Crippen molar-refractivity contribution in [3.63, 3.8) is 0 Å². The topological polar surface area (TPSA) is 78.9 Å². The third-order valence-electron chi connectivity index (χ3n) is 5.53. The van der Waals surface area contributed by atoms with Crippen LogP contribution in [0.3, 0.4) is 0 Å². The number of amides is 2. The maximum atomic E-state index is 12.6. The lowest BCUT2D eigenvalue weighted by atomic mass is 10.1. The van der Waals surface area contributed by atoms with Crippen LogP contribution in [0.1, 0.15) is 28.1 Å². The van der Waals surface area contributed by atoms with E-state index < -0.39 is 6.09 Å². The highest BCUT2D eigenvalue weighted by molar-refractivity contribution is 7.17. The molecule has 1 aliphatic heterocycles. The van der Waals surface area contributed by atoms with Gasteiger partial charge in [0.25, 0.3) is 5.91 Å². The lowest BCUT2D eigenvalue weighted by molar-refractivity contribution is 0.0896. The molecule has 2 amide bonds. The van der Waals surface area contributed by atoms with Gasteiger partial charge in [-0.15, -0.1) is 11.3 Å². The van der Waals surface area contributed by atoms with E-state index in [1.807, 2.05) is 54.6 Å². The first-order valence-electron chi connectivity index (χ1n) is 10.8. The van der Waals surface area contributed by atoms with Crippen LogP contribution >= 0.6 is 11.3 Å². The number of likely N-dealkylation sites (tertiary alicyclic amines) is 1. The molecular formula is C25H26N2O4S. The zero-order valence-corrected chi connectivity index (χ0v) is 18.5. The molecule has 1 fully saturated rings. The number of carbonyl (C=O) groups is 2. The zero-order valence-electron chi connectivity index (χ0n) is 17.7. The summed E-state index contributed by atoms with van der Waals surface area (Å²) in [5.41, 5.74) is 2.14. The number of nitrogens with zero attached hydrogens (tertiary/aromatic N) is 1. The monoisotopic (exact) mass is 450 g/mol. The Morgan fingerprint density at radius 3 is 2.47 bits per heavy atom. The number of nitrogens with one attached hydrogen (secondary N) is 1. The smallest absolute Gasteiger partial charge is 0.407 e. The van der Waals surface area contributed by atoms with E-state index in [2.05, 4.69) is 17.4 Å². The second-order valence-corrected chi connectivity index (χ2v) is 8.82. The Morgan fingerprint density at radius 2 is 1.72 bits per heavy atom.